The van der Waals surface area contributed by atoms with E-state index in [0.29, 0.717) is 18.5 Å². The highest BCUT2D eigenvalue weighted by molar-refractivity contribution is 5.68. The number of carbonyl (C=O) groups is 1. The normalized spacial score (nSPS) is 25.7. The summed E-state index contributed by atoms with van der Waals surface area (Å²) in [5, 5.41) is 10.1. The van der Waals surface area contributed by atoms with Crippen molar-refractivity contribution in [3.8, 4) is 0 Å². The molecule has 0 aromatic carbocycles. The summed E-state index contributed by atoms with van der Waals surface area (Å²) in [7, 11) is 0. The van der Waals surface area contributed by atoms with E-state index in [-0.39, 0.29) is 12.6 Å². The van der Waals surface area contributed by atoms with Crippen molar-refractivity contribution in [1.29, 1.82) is 0 Å². The summed E-state index contributed by atoms with van der Waals surface area (Å²) in [4.78, 5) is 13.3. The predicted molar refractivity (Wildman–Crippen MR) is 62.2 cm³/mol. The first-order valence-corrected chi connectivity index (χ1v) is 5.50. The molecular formula is C12H21NO3. The Balaban J connectivity index is 2.60. The molecule has 4 nitrogen and oxygen atoms in total. The number of rotatable bonds is 1. The highest BCUT2D eigenvalue weighted by Gasteiger charge is 2.40. The Labute approximate surface area is 96.9 Å². The monoisotopic (exact) mass is 227 g/mol. The standard InChI is InChI=1S/C12H21NO3/c1-9(2)12(15)6-7-13(8-12)10(14)16-11(3,4)5/h15H,1,6-8H2,2-5H3. The minimum atomic E-state index is -0.948. The number of aliphatic hydroxyl groups is 1. The van der Waals surface area contributed by atoms with Crippen molar-refractivity contribution in [2.24, 2.45) is 0 Å². The van der Waals surface area contributed by atoms with Gasteiger partial charge in [-0.05, 0) is 39.7 Å². The zero-order valence-corrected chi connectivity index (χ0v) is 10.5. The number of nitrogens with zero attached hydrogens (tertiary/aromatic N) is 1. The lowest BCUT2D eigenvalue weighted by atomic mass is 9.96. The highest BCUT2D eigenvalue weighted by Crippen LogP contribution is 2.28. The molecule has 0 saturated carbocycles. The van der Waals surface area contributed by atoms with E-state index in [1.165, 1.54) is 4.90 Å². The Morgan fingerprint density at radius 2 is 2.06 bits per heavy atom. The maximum atomic E-state index is 11.7. The average Bonchev–Trinajstić information content (AvgIpc) is 2.46. The van der Waals surface area contributed by atoms with E-state index in [1.54, 1.807) is 6.92 Å². The Morgan fingerprint density at radius 3 is 2.44 bits per heavy atom. The molecule has 1 unspecified atom stereocenters. The Bertz CT molecular complexity index is 306. The van der Waals surface area contributed by atoms with E-state index in [1.807, 2.05) is 20.8 Å². The molecule has 1 aliphatic rings. The first-order chi connectivity index (χ1) is 7.14. The number of amides is 1. The van der Waals surface area contributed by atoms with Crippen LogP contribution in [0.3, 0.4) is 0 Å². The van der Waals surface area contributed by atoms with Gasteiger partial charge in [0.25, 0.3) is 0 Å². The molecule has 92 valence electrons. The van der Waals surface area contributed by atoms with Crippen molar-refractivity contribution >= 4 is 6.09 Å². The van der Waals surface area contributed by atoms with Crippen LogP contribution in [0, 0.1) is 0 Å². The summed E-state index contributed by atoms with van der Waals surface area (Å²) in [6, 6.07) is 0. The van der Waals surface area contributed by atoms with Crippen molar-refractivity contribution in [2.45, 2.75) is 45.3 Å². The molecule has 0 bridgehead atoms. The van der Waals surface area contributed by atoms with E-state index < -0.39 is 11.2 Å². The van der Waals surface area contributed by atoms with Crippen LogP contribution in [-0.4, -0.2) is 40.4 Å². The molecule has 1 amide bonds. The summed E-state index contributed by atoms with van der Waals surface area (Å²) >= 11 is 0. The number of β-amino-alcohol motifs (C(OH)–C–C–N with tert-alkyl or cyclic N) is 1. The van der Waals surface area contributed by atoms with Gasteiger partial charge in [-0.3, -0.25) is 0 Å². The lowest BCUT2D eigenvalue weighted by Gasteiger charge is -2.26. The minimum Gasteiger partial charge on any atom is -0.444 e. The quantitative estimate of drug-likeness (QED) is 0.696. The van der Waals surface area contributed by atoms with Crippen molar-refractivity contribution in [1.82, 2.24) is 4.90 Å². The Hall–Kier alpha value is -1.03. The van der Waals surface area contributed by atoms with Crippen LogP contribution < -0.4 is 0 Å². The van der Waals surface area contributed by atoms with E-state index in [4.69, 9.17) is 4.74 Å². The number of hydrogen-bond acceptors (Lipinski definition) is 3. The summed E-state index contributed by atoms with van der Waals surface area (Å²) in [6.07, 6.45) is 0.159. The van der Waals surface area contributed by atoms with E-state index >= 15 is 0 Å². The van der Waals surface area contributed by atoms with E-state index in [9.17, 15) is 9.90 Å². The van der Waals surface area contributed by atoms with Crippen LogP contribution >= 0.6 is 0 Å². The van der Waals surface area contributed by atoms with Crippen molar-refractivity contribution in [3.63, 3.8) is 0 Å². The van der Waals surface area contributed by atoms with Gasteiger partial charge in [-0.15, -0.1) is 0 Å². The summed E-state index contributed by atoms with van der Waals surface area (Å²) in [5.74, 6) is 0. The molecule has 1 aliphatic heterocycles. The second-order valence-electron chi connectivity index (χ2n) is 5.46. The zero-order valence-electron chi connectivity index (χ0n) is 10.5. The number of likely N-dealkylation sites (tertiary alicyclic amines) is 1. The molecule has 0 aliphatic carbocycles. The average molecular weight is 227 g/mol. The zero-order chi connectivity index (χ0) is 12.6. The Morgan fingerprint density at radius 1 is 1.50 bits per heavy atom. The second-order valence-corrected chi connectivity index (χ2v) is 5.46. The molecule has 0 spiro atoms. The molecule has 1 atom stereocenters. The smallest absolute Gasteiger partial charge is 0.410 e. The van der Waals surface area contributed by atoms with E-state index in [0.717, 1.165) is 0 Å². The summed E-state index contributed by atoms with van der Waals surface area (Å²) in [5.41, 5.74) is -0.753. The number of ether oxygens (including phenoxy) is 1. The van der Waals surface area contributed by atoms with Crippen LogP contribution in [0.1, 0.15) is 34.1 Å². The summed E-state index contributed by atoms with van der Waals surface area (Å²) < 4.78 is 5.24. The van der Waals surface area contributed by atoms with Gasteiger partial charge in [0.15, 0.2) is 0 Å². The SMILES string of the molecule is C=C(C)C1(O)CCN(C(=O)OC(C)(C)C)C1. The predicted octanol–water partition coefficient (Wildman–Crippen LogP) is 1.93. The molecule has 1 heterocycles. The molecule has 0 radical (unpaired) electrons. The maximum absolute atomic E-state index is 11.7. The van der Waals surface area contributed by atoms with Crippen LogP contribution in [0.15, 0.2) is 12.2 Å². The molecule has 16 heavy (non-hydrogen) atoms. The lowest BCUT2D eigenvalue weighted by Crippen LogP contribution is -2.39. The minimum absolute atomic E-state index is 0.275. The largest absolute Gasteiger partial charge is 0.444 e. The molecule has 4 heteroatoms. The molecule has 1 fully saturated rings. The van der Waals surface area contributed by atoms with Gasteiger partial charge >= 0.3 is 6.09 Å². The van der Waals surface area contributed by atoms with Gasteiger partial charge in [0.05, 0.1) is 6.54 Å². The van der Waals surface area contributed by atoms with Gasteiger partial charge in [0.2, 0.25) is 0 Å². The van der Waals surface area contributed by atoms with Gasteiger partial charge in [0, 0.05) is 6.54 Å². The fourth-order valence-electron chi connectivity index (χ4n) is 1.62. The third-order valence-corrected chi connectivity index (χ3v) is 2.69. The van der Waals surface area contributed by atoms with Gasteiger partial charge in [-0.2, -0.15) is 0 Å². The van der Waals surface area contributed by atoms with E-state index in [2.05, 4.69) is 6.58 Å². The van der Waals surface area contributed by atoms with Crippen molar-refractivity contribution in [3.05, 3.63) is 12.2 Å². The molecule has 0 aromatic rings. The van der Waals surface area contributed by atoms with Crippen LogP contribution in [0.4, 0.5) is 4.79 Å². The van der Waals surface area contributed by atoms with Crippen LogP contribution in [-0.2, 0) is 4.74 Å². The number of hydrogen-bond donors (Lipinski definition) is 1. The molecule has 1 saturated heterocycles. The van der Waals surface area contributed by atoms with Gasteiger partial charge < -0.3 is 14.7 Å². The fourth-order valence-corrected chi connectivity index (χ4v) is 1.62. The third kappa shape index (κ3) is 2.98. The number of carbonyl (C=O) groups excluding carboxylic acids is 1. The summed E-state index contributed by atoms with van der Waals surface area (Å²) in [6.45, 7) is 11.8. The van der Waals surface area contributed by atoms with Gasteiger partial charge in [-0.1, -0.05) is 6.58 Å². The third-order valence-electron chi connectivity index (χ3n) is 2.69. The maximum Gasteiger partial charge on any atom is 0.410 e. The first kappa shape index (κ1) is 13.0. The van der Waals surface area contributed by atoms with Crippen molar-refractivity contribution < 1.29 is 14.6 Å². The van der Waals surface area contributed by atoms with Gasteiger partial charge in [0.1, 0.15) is 11.2 Å². The Kier molecular flexibility index (Phi) is 3.33. The second kappa shape index (κ2) is 4.09. The van der Waals surface area contributed by atoms with Crippen LogP contribution in [0.25, 0.3) is 0 Å². The highest BCUT2D eigenvalue weighted by atomic mass is 16.6. The molecular weight excluding hydrogens is 206 g/mol. The first-order valence-electron chi connectivity index (χ1n) is 5.50. The van der Waals surface area contributed by atoms with Crippen LogP contribution in [0.5, 0.6) is 0 Å². The lowest BCUT2D eigenvalue weighted by molar-refractivity contribution is 0.0220. The van der Waals surface area contributed by atoms with Crippen molar-refractivity contribution in [2.75, 3.05) is 13.1 Å². The molecule has 1 rings (SSSR count). The molecule has 1 N–H and O–H groups in total. The topological polar surface area (TPSA) is 49.8 Å². The van der Waals surface area contributed by atoms with Crippen LogP contribution in [0.2, 0.25) is 0 Å². The molecule has 0 aromatic heterocycles. The van der Waals surface area contributed by atoms with Gasteiger partial charge in [-0.25, -0.2) is 4.79 Å². The fraction of sp³-hybridized carbons (Fsp3) is 0.750.